The minimum Gasteiger partial charge on any atom is -0.455 e. The Morgan fingerprint density at radius 1 is 0.414 bits per heavy atom. The summed E-state index contributed by atoms with van der Waals surface area (Å²) in [7, 11) is 0. The Morgan fingerprint density at radius 3 is 1.81 bits per heavy atom. The fraction of sp³-hybridized carbons (Fsp3) is 0. The highest BCUT2D eigenvalue weighted by molar-refractivity contribution is 7.25. The van der Waals surface area contributed by atoms with E-state index < -0.39 is 0 Å². The first kappa shape index (κ1) is 32.8. The number of aromatic nitrogens is 1. The van der Waals surface area contributed by atoms with E-state index >= 15 is 0 Å². The monoisotopic (exact) mass is 758 g/mol. The van der Waals surface area contributed by atoms with Crippen molar-refractivity contribution in [2.45, 2.75) is 0 Å². The van der Waals surface area contributed by atoms with Gasteiger partial charge in [-0.25, -0.2) is 0 Å². The topological polar surface area (TPSA) is 21.3 Å². The van der Waals surface area contributed by atoms with E-state index in [1.165, 1.54) is 53.1 Å². The number of anilines is 3. The van der Waals surface area contributed by atoms with Gasteiger partial charge in [0.1, 0.15) is 11.2 Å². The molecule has 3 aromatic heterocycles. The highest BCUT2D eigenvalue weighted by Gasteiger charge is 2.24. The Labute approximate surface area is 338 Å². The zero-order valence-corrected chi connectivity index (χ0v) is 32.2. The summed E-state index contributed by atoms with van der Waals surface area (Å²) < 4.78 is 11.7. The summed E-state index contributed by atoms with van der Waals surface area (Å²) in [4.78, 5) is 2.44. The third-order valence-electron chi connectivity index (χ3n) is 11.6. The van der Waals surface area contributed by atoms with E-state index in [1.807, 2.05) is 11.3 Å². The highest BCUT2D eigenvalue weighted by atomic mass is 32.1. The number of hydrogen-bond acceptors (Lipinski definition) is 3. The molecule has 0 amide bonds. The predicted octanol–water partition coefficient (Wildman–Crippen LogP) is 15.9. The second kappa shape index (κ2) is 13.1. The van der Waals surface area contributed by atoms with E-state index in [1.54, 1.807) is 0 Å². The molecule has 9 aromatic carbocycles. The molecule has 0 aliphatic carbocycles. The van der Waals surface area contributed by atoms with Crippen LogP contribution >= 0.6 is 11.3 Å². The molecule has 12 rings (SSSR count). The molecule has 0 radical (unpaired) electrons. The van der Waals surface area contributed by atoms with E-state index in [4.69, 9.17) is 4.42 Å². The van der Waals surface area contributed by atoms with Crippen LogP contribution < -0.4 is 4.90 Å². The average molecular weight is 759 g/mol. The Hall–Kier alpha value is -7.40. The lowest BCUT2D eigenvalue weighted by Crippen LogP contribution is -2.10. The van der Waals surface area contributed by atoms with Crippen LogP contribution in [0.15, 0.2) is 211 Å². The molecule has 0 bridgehead atoms. The van der Waals surface area contributed by atoms with Gasteiger partial charge in [-0.1, -0.05) is 121 Å². The van der Waals surface area contributed by atoms with Crippen LogP contribution in [0.3, 0.4) is 0 Å². The first-order chi connectivity index (χ1) is 28.8. The van der Waals surface area contributed by atoms with Crippen LogP contribution in [0.4, 0.5) is 17.1 Å². The second-order valence-corrected chi connectivity index (χ2v) is 16.0. The van der Waals surface area contributed by atoms with Crippen molar-refractivity contribution in [2.24, 2.45) is 0 Å². The Kier molecular flexibility index (Phi) is 7.40. The van der Waals surface area contributed by atoms with E-state index in [9.17, 15) is 0 Å². The standard InChI is InChI=1S/C54H34N2OS/c1-4-14-35(15-5-1)37-24-30-51-45(32-37)46-34-40(26-31-52(46)58-51)55(39-25-28-48-44(33-39)42-20-10-12-22-47(42)56(48)38-18-8-3-9-19-38)49-29-27-41(36-16-6-2-7-17-36)54-53(49)43-21-11-13-23-50(43)57-54/h1-34H. The summed E-state index contributed by atoms with van der Waals surface area (Å²) in [5.74, 6) is 0. The van der Waals surface area contributed by atoms with Crippen LogP contribution in [-0.2, 0) is 0 Å². The minimum atomic E-state index is 0.871. The maximum atomic E-state index is 6.82. The summed E-state index contributed by atoms with van der Waals surface area (Å²) in [6.45, 7) is 0. The van der Waals surface area contributed by atoms with Gasteiger partial charge in [0.15, 0.2) is 0 Å². The van der Waals surface area contributed by atoms with Crippen molar-refractivity contribution in [2.75, 3.05) is 4.90 Å². The highest BCUT2D eigenvalue weighted by Crippen LogP contribution is 2.48. The Bertz CT molecular complexity index is 3510. The molecule has 0 fully saturated rings. The fourth-order valence-electron chi connectivity index (χ4n) is 8.94. The van der Waals surface area contributed by atoms with Crippen molar-refractivity contribution in [3.05, 3.63) is 206 Å². The van der Waals surface area contributed by atoms with Gasteiger partial charge in [0.05, 0.1) is 22.1 Å². The van der Waals surface area contributed by atoms with Crippen LogP contribution in [0.2, 0.25) is 0 Å². The number of rotatable bonds is 6. The van der Waals surface area contributed by atoms with Gasteiger partial charge in [0.2, 0.25) is 0 Å². The van der Waals surface area contributed by atoms with Gasteiger partial charge >= 0.3 is 0 Å². The second-order valence-electron chi connectivity index (χ2n) is 14.9. The molecule has 0 aliphatic rings. The summed E-state index contributed by atoms with van der Waals surface area (Å²) >= 11 is 1.85. The number of furan rings is 1. The summed E-state index contributed by atoms with van der Waals surface area (Å²) in [6.07, 6.45) is 0. The van der Waals surface area contributed by atoms with Crippen molar-refractivity contribution in [1.29, 1.82) is 0 Å². The quantitative estimate of drug-likeness (QED) is 0.168. The molecular weight excluding hydrogens is 725 g/mol. The third kappa shape index (κ3) is 5.12. The Balaban J connectivity index is 1.15. The van der Waals surface area contributed by atoms with E-state index in [2.05, 4.69) is 216 Å². The molecule has 3 heterocycles. The number of fused-ring (bicyclic) bond motifs is 9. The van der Waals surface area contributed by atoms with Gasteiger partial charge in [0, 0.05) is 59.0 Å². The molecule has 3 nitrogen and oxygen atoms in total. The first-order valence-corrected chi connectivity index (χ1v) is 20.5. The van der Waals surface area contributed by atoms with Crippen LogP contribution in [0.1, 0.15) is 0 Å². The normalized spacial score (nSPS) is 11.8. The fourth-order valence-corrected chi connectivity index (χ4v) is 10.0. The molecule has 4 heteroatoms. The molecule has 58 heavy (non-hydrogen) atoms. The van der Waals surface area contributed by atoms with Crippen molar-refractivity contribution >= 4 is 92.3 Å². The zero-order valence-electron chi connectivity index (χ0n) is 31.3. The molecule has 0 saturated carbocycles. The van der Waals surface area contributed by atoms with E-state index in [0.29, 0.717) is 0 Å². The van der Waals surface area contributed by atoms with Gasteiger partial charge in [-0.15, -0.1) is 11.3 Å². The maximum absolute atomic E-state index is 6.82. The third-order valence-corrected chi connectivity index (χ3v) is 12.7. The zero-order chi connectivity index (χ0) is 38.2. The molecule has 272 valence electrons. The van der Waals surface area contributed by atoms with Gasteiger partial charge in [-0.3, -0.25) is 0 Å². The lowest BCUT2D eigenvalue weighted by atomic mass is 9.99. The molecule has 0 N–H and O–H groups in total. The molecule has 0 unspecified atom stereocenters. The number of thiophene rings is 1. The van der Waals surface area contributed by atoms with E-state index in [0.717, 1.165) is 55.8 Å². The van der Waals surface area contributed by atoms with Gasteiger partial charge in [0.25, 0.3) is 0 Å². The van der Waals surface area contributed by atoms with Crippen molar-refractivity contribution in [3.8, 4) is 27.9 Å². The van der Waals surface area contributed by atoms with Crippen molar-refractivity contribution < 1.29 is 4.42 Å². The number of benzene rings is 9. The van der Waals surface area contributed by atoms with Crippen molar-refractivity contribution in [3.63, 3.8) is 0 Å². The summed E-state index contributed by atoms with van der Waals surface area (Å²) in [6, 6.07) is 74.4. The van der Waals surface area contributed by atoms with Gasteiger partial charge in [-0.05, 0) is 102 Å². The molecule has 0 spiro atoms. The Morgan fingerprint density at radius 2 is 1.02 bits per heavy atom. The number of nitrogens with zero attached hydrogens (tertiary/aromatic N) is 2. The van der Waals surface area contributed by atoms with Gasteiger partial charge < -0.3 is 13.9 Å². The predicted molar refractivity (Wildman–Crippen MR) is 247 cm³/mol. The molecule has 0 atom stereocenters. The SMILES string of the molecule is c1ccc(-c2ccc3sc4ccc(N(c5ccc6c(c5)c5ccccc5n6-c5ccccc5)c5ccc(-c6ccccc6)c6oc7ccccc7c56)cc4c3c2)cc1. The largest absolute Gasteiger partial charge is 0.455 e. The first-order valence-electron chi connectivity index (χ1n) is 19.7. The van der Waals surface area contributed by atoms with Crippen LogP contribution in [0.25, 0.3) is 91.9 Å². The molecule has 0 saturated heterocycles. The van der Waals surface area contributed by atoms with Crippen molar-refractivity contribution in [1.82, 2.24) is 4.57 Å². The van der Waals surface area contributed by atoms with E-state index in [-0.39, 0.29) is 0 Å². The minimum absolute atomic E-state index is 0.871. The molecule has 0 aliphatic heterocycles. The van der Waals surface area contributed by atoms with Gasteiger partial charge in [-0.2, -0.15) is 0 Å². The smallest absolute Gasteiger partial charge is 0.145 e. The lowest BCUT2D eigenvalue weighted by Gasteiger charge is -2.27. The maximum Gasteiger partial charge on any atom is 0.145 e. The number of para-hydroxylation sites is 3. The van der Waals surface area contributed by atoms with Crippen LogP contribution in [-0.4, -0.2) is 4.57 Å². The van der Waals surface area contributed by atoms with Crippen LogP contribution in [0, 0.1) is 0 Å². The molecular formula is C54H34N2OS. The average Bonchev–Trinajstić information content (AvgIpc) is 3.97. The molecule has 12 aromatic rings. The summed E-state index contributed by atoms with van der Waals surface area (Å²) in [5, 5.41) is 7.11. The number of hydrogen-bond donors (Lipinski definition) is 0. The lowest BCUT2D eigenvalue weighted by molar-refractivity contribution is 0.670. The summed E-state index contributed by atoms with van der Waals surface area (Å²) in [5.41, 5.74) is 13.1. The van der Waals surface area contributed by atoms with Crippen LogP contribution in [0.5, 0.6) is 0 Å².